The number of allylic oxidation sites excluding steroid dienone is 1. The van der Waals surface area contributed by atoms with Gasteiger partial charge in [-0.05, 0) is 19.3 Å². The summed E-state index contributed by atoms with van der Waals surface area (Å²) in [5.41, 5.74) is 0. The molecule has 8 nitrogen and oxygen atoms in total. The van der Waals surface area contributed by atoms with Crippen LogP contribution in [0.15, 0.2) is 12.2 Å². The van der Waals surface area contributed by atoms with Gasteiger partial charge in [0.05, 0.1) is 39.9 Å². The van der Waals surface area contributed by atoms with Crippen molar-refractivity contribution in [2.45, 2.75) is 154 Å². The fourth-order valence-corrected chi connectivity index (χ4v) is 5.42. The van der Waals surface area contributed by atoms with Gasteiger partial charge in [-0.3, -0.25) is 13.8 Å². The number of rotatable bonds is 30. The Labute approximate surface area is 259 Å². The number of hydrogen-bond acceptors (Lipinski definition) is 5. The second kappa shape index (κ2) is 26.6. The van der Waals surface area contributed by atoms with Crippen LogP contribution < -0.4 is 5.32 Å². The molecule has 0 radical (unpaired) electrons. The number of carbonyl (C=O) groups excluding carboxylic acids is 1. The highest BCUT2D eigenvalue weighted by molar-refractivity contribution is 7.47. The Balaban J connectivity index is 4.60. The molecular formula is C33H68N2O6P+. The van der Waals surface area contributed by atoms with Gasteiger partial charge < -0.3 is 19.8 Å². The normalized spacial score (nSPS) is 15.1. The van der Waals surface area contributed by atoms with Crippen molar-refractivity contribution in [1.29, 1.82) is 0 Å². The maximum absolute atomic E-state index is 12.7. The topological polar surface area (TPSA) is 105 Å². The standard InChI is InChI=1S/C33H67N2O6P/c1-6-8-10-12-14-16-17-19-21-23-25-27-33(37)34-31(30-41-42(38,39)40-29-28-35(3,4)5)32(36)26-24-22-20-18-15-13-11-9-7-2/h24,26,31-32,36H,6-23,25,27-30H2,1-5H3,(H-,34,37,38,39)/p+1/b26-24+/t31-,32+/m0/s1. The lowest BCUT2D eigenvalue weighted by Crippen LogP contribution is -2.45. The summed E-state index contributed by atoms with van der Waals surface area (Å²) < 4.78 is 23.3. The van der Waals surface area contributed by atoms with Gasteiger partial charge >= 0.3 is 7.82 Å². The van der Waals surface area contributed by atoms with Crippen LogP contribution in [0.25, 0.3) is 0 Å². The van der Waals surface area contributed by atoms with Crippen molar-refractivity contribution in [2.24, 2.45) is 0 Å². The molecule has 1 amide bonds. The minimum atomic E-state index is -4.31. The average molecular weight is 620 g/mol. The fourth-order valence-electron chi connectivity index (χ4n) is 4.69. The highest BCUT2D eigenvalue weighted by Crippen LogP contribution is 2.43. The minimum absolute atomic E-state index is 0.0636. The van der Waals surface area contributed by atoms with E-state index in [4.69, 9.17) is 9.05 Å². The highest BCUT2D eigenvalue weighted by atomic mass is 31.2. The van der Waals surface area contributed by atoms with E-state index in [-0.39, 0.29) is 19.1 Å². The Kier molecular flexibility index (Phi) is 26.1. The first-order chi connectivity index (χ1) is 20.0. The Morgan fingerprint density at radius 1 is 0.786 bits per heavy atom. The third-order valence-electron chi connectivity index (χ3n) is 7.51. The molecule has 0 rings (SSSR count). The number of amides is 1. The molecule has 250 valence electrons. The summed E-state index contributed by atoms with van der Waals surface area (Å²) in [5.74, 6) is -0.183. The van der Waals surface area contributed by atoms with Gasteiger partial charge in [-0.1, -0.05) is 129 Å². The Morgan fingerprint density at radius 2 is 1.26 bits per heavy atom. The van der Waals surface area contributed by atoms with Crippen LogP contribution in [0.4, 0.5) is 0 Å². The maximum atomic E-state index is 12.7. The van der Waals surface area contributed by atoms with Crippen LogP contribution >= 0.6 is 7.82 Å². The number of aliphatic hydroxyl groups excluding tert-OH is 1. The van der Waals surface area contributed by atoms with Crippen LogP contribution in [0.5, 0.6) is 0 Å². The van der Waals surface area contributed by atoms with E-state index in [0.29, 0.717) is 17.4 Å². The molecule has 0 aromatic heterocycles. The van der Waals surface area contributed by atoms with Gasteiger partial charge in [0, 0.05) is 6.42 Å². The molecular weight excluding hydrogens is 551 g/mol. The lowest BCUT2D eigenvalue weighted by Gasteiger charge is -2.25. The van der Waals surface area contributed by atoms with Crippen LogP contribution in [0.2, 0.25) is 0 Å². The summed E-state index contributed by atoms with van der Waals surface area (Å²) in [5, 5.41) is 13.6. The molecule has 0 aliphatic heterocycles. The second-order valence-electron chi connectivity index (χ2n) is 12.9. The van der Waals surface area contributed by atoms with Crippen LogP contribution in [-0.2, 0) is 18.4 Å². The highest BCUT2D eigenvalue weighted by Gasteiger charge is 2.27. The maximum Gasteiger partial charge on any atom is 0.472 e. The van der Waals surface area contributed by atoms with Gasteiger partial charge in [-0.15, -0.1) is 0 Å². The third kappa shape index (κ3) is 28.0. The Morgan fingerprint density at radius 3 is 1.76 bits per heavy atom. The number of hydrogen-bond donors (Lipinski definition) is 3. The van der Waals surface area contributed by atoms with Crippen molar-refractivity contribution in [3.8, 4) is 0 Å². The zero-order valence-corrected chi connectivity index (χ0v) is 28.9. The smallest absolute Gasteiger partial charge is 0.387 e. The lowest BCUT2D eigenvalue weighted by atomic mass is 10.0. The van der Waals surface area contributed by atoms with Gasteiger partial charge in [0.2, 0.25) is 5.91 Å². The number of unbranched alkanes of at least 4 members (excludes halogenated alkanes) is 17. The Hall–Kier alpha value is -0.760. The molecule has 1 unspecified atom stereocenters. The summed E-state index contributed by atoms with van der Waals surface area (Å²) in [6, 6.07) is -0.835. The first-order valence-electron chi connectivity index (χ1n) is 17.1. The summed E-state index contributed by atoms with van der Waals surface area (Å²) in [6.07, 6.45) is 25.6. The molecule has 0 fully saturated rings. The van der Waals surface area contributed by atoms with E-state index < -0.39 is 20.0 Å². The molecule has 42 heavy (non-hydrogen) atoms. The molecule has 0 spiro atoms. The number of carbonyl (C=O) groups is 1. The van der Waals surface area contributed by atoms with Crippen molar-refractivity contribution in [2.75, 3.05) is 40.9 Å². The molecule has 0 aromatic rings. The first-order valence-corrected chi connectivity index (χ1v) is 18.6. The quantitative estimate of drug-likeness (QED) is 0.0325. The summed E-state index contributed by atoms with van der Waals surface area (Å²) in [4.78, 5) is 22.8. The van der Waals surface area contributed by atoms with Gasteiger partial charge in [-0.2, -0.15) is 0 Å². The number of phosphoric acid groups is 1. The van der Waals surface area contributed by atoms with E-state index in [0.717, 1.165) is 38.5 Å². The van der Waals surface area contributed by atoms with Gasteiger partial charge in [0.25, 0.3) is 0 Å². The van der Waals surface area contributed by atoms with Crippen LogP contribution in [0.3, 0.4) is 0 Å². The molecule has 3 atom stereocenters. The molecule has 0 aliphatic carbocycles. The SMILES string of the molecule is CCCCCCCCC/C=C/[C@@H](O)[C@H](COP(=O)(O)OCC[N+](C)(C)C)NC(=O)CCCCCCCCCCCCC. The number of nitrogens with zero attached hydrogens (tertiary/aromatic N) is 1. The van der Waals surface area contributed by atoms with Crippen LogP contribution in [-0.4, -0.2) is 73.4 Å². The molecule has 0 heterocycles. The average Bonchev–Trinajstić information content (AvgIpc) is 2.92. The second-order valence-corrected chi connectivity index (χ2v) is 14.4. The zero-order valence-electron chi connectivity index (χ0n) is 28.0. The van der Waals surface area contributed by atoms with Crippen molar-refractivity contribution in [3.05, 3.63) is 12.2 Å². The van der Waals surface area contributed by atoms with E-state index in [1.54, 1.807) is 6.08 Å². The lowest BCUT2D eigenvalue weighted by molar-refractivity contribution is -0.870. The number of likely N-dealkylation sites (N-methyl/N-ethyl adjacent to an activating group) is 1. The van der Waals surface area contributed by atoms with Gasteiger partial charge in [0.1, 0.15) is 13.2 Å². The van der Waals surface area contributed by atoms with Crippen molar-refractivity contribution >= 4 is 13.7 Å². The van der Waals surface area contributed by atoms with Crippen molar-refractivity contribution in [3.63, 3.8) is 0 Å². The molecule has 0 aromatic carbocycles. The van der Waals surface area contributed by atoms with Crippen molar-refractivity contribution < 1.29 is 32.9 Å². The number of aliphatic hydroxyl groups is 1. The molecule has 0 saturated carbocycles. The minimum Gasteiger partial charge on any atom is -0.387 e. The zero-order chi connectivity index (χ0) is 31.5. The van der Waals surface area contributed by atoms with E-state index in [1.165, 1.54) is 83.5 Å². The van der Waals surface area contributed by atoms with E-state index in [2.05, 4.69) is 19.2 Å². The predicted molar refractivity (Wildman–Crippen MR) is 175 cm³/mol. The number of quaternary nitrogens is 1. The van der Waals surface area contributed by atoms with Gasteiger partial charge in [-0.25, -0.2) is 4.57 Å². The monoisotopic (exact) mass is 619 g/mol. The Bertz CT molecular complexity index is 713. The molecule has 0 aliphatic rings. The first kappa shape index (κ1) is 41.2. The predicted octanol–water partition coefficient (Wildman–Crippen LogP) is 8.07. The van der Waals surface area contributed by atoms with Gasteiger partial charge in [0.15, 0.2) is 0 Å². The number of phosphoric ester groups is 1. The van der Waals surface area contributed by atoms with E-state index in [1.807, 2.05) is 27.2 Å². The van der Waals surface area contributed by atoms with E-state index >= 15 is 0 Å². The fraction of sp³-hybridized carbons (Fsp3) is 0.909. The van der Waals surface area contributed by atoms with Crippen LogP contribution in [0.1, 0.15) is 142 Å². The van der Waals surface area contributed by atoms with E-state index in [9.17, 15) is 19.4 Å². The summed E-state index contributed by atoms with van der Waals surface area (Å²) in [7, 11) is 1.57. The summed E-state index contributed by atoms with van der Waals surface area (Å²) >= 11 is 0. The van der Waals surface area contributed by atoms with Crippen molar-refractivity contribution in [1.82, 2.24) is 5.32 Å². The number of nitrogens with one attached hydrogen (secondary N) is 1. The molecule has 0 saturated heterocycles. The summed E-state index contributed by atoms with van der Waals surface area (Å²) in [6.45, 7) is 4.74. The molecule has 9 heteroatoms. The largest absolute Gasteiger partial charge is 0.472 e. The van der Waals surface area contributed by atoms with Crippen LogP contribution in [0, 0.1) is 0 Å². The molecule has 3 N–H and O–H groups in total. The molecule has 0 bridgehead atoms. The third-order valence-corrected chi connectivity index (χ3v) is 8.49.